The van der Waals surface area contributed by atoms with Crippen LogP contribution in [0.5, 0.6) is 0 Å². The highest BCUT2D eigenvalue weighted by atomic mass is 32.2. The lowest BCUT2D eigenvalue weighted by atomic mass is 9.84. The molecular weight excluding hydrogens is 346 g/mol. The van der Waals surface area contributed by atoms with Crippen LogP contribution in [0.3, 0.4) is 0 Å². The Hall–Kier alpha value is -1.30. The first kappa shape index (κ1) is 19.5. The Kier molecular flexibility index (Phi) is 6.79. The van der Waals surface area contributed by atoms with Crippen LogP contribution in [0.4, 0.5) is 0 Å². The summed E-state index contributed by atoms with van der Waals surface area (Å²) in [5.74, 6) is 0. The van der Waals surface area contributed by atoms with Crippen molar-refractivity contribution in [2.75, 3.05) is 26.2 Å². The molecule has 0 amide bonds. The van der Waals surface area contributed by atoms with Crippen LogP contribution in [0.2, 0.25) is 0 Å². The minimum Gasteiger partial charge on any atom is -0.311 e. The number of hydrogen-bond donors (Lipinski definition) is 2. The van der Waals surface area contributed by atoms with Crippen LogP contribution in [0, 0.1) is 11.3 Å². The summed E-state index contributed by atoms with van der Waals surface area (Å²) >= 11 is -1.40. The minimum absolute atomic E-state index is 0.117. The molecular formula is C19H29N5OS. The van der Waals surface area contributed by atoms with Crippen LogP contribution in [0.25, 0.3) is 0 Å². The third-order valence-corrected chi connectivity index (χ3v) is 6.25. The van der Waals surface area contributed by atoms with Gasteiger partial charge in [-0.05, 0) is 25.7 Å². The Labute approximate surface area is 159 Å². The van der Waals surface area contributed by atoms with Gasteiger partial charge in [-0.2, -0.15) is 5.26 Å². The fraction of sp³-hybridized carbons (Fsp3) is 0.632. The van der Waals surface area contributed by atoms with Crippen molar-refractivity contribution in [2.45, 2.75) is 49.7 Å². The van der Waals surface area contributed by atoms with Crippen LogP contribution in [-0.4, -0.2) is 57.2 Å². The molecule has 3 aliphatic rings. The molecule has 0 aromatic heterocycles. The van der Waals surface area contributed by atoms with Gasteiger partial charge < -0.3 is 5.32 Å². The van der Waals surface area contributed by atoms with Crippen molar-refractivity contribution < 1.29 is 4.21 Å². The van der Waals surface area contributed by atoms with E-state index in [0.29, 0.717) is 25.6 Å². The predicted molar refractivity (Wildman–Crippen MR) is 104 cm³/mol. The molecule has 1 aromatic carbocycles. The van der Waals surface area contributed by atoms with Crippen molar-refractivity contribution >= 4 is 11.2 Å². The molecule has 1 aromatic rings. The van der Waals surface area contributed by atoms with Gasteiger partial charge in [-0.3, -0.25) is 4.90 Å². The molecule has 1 aliphatic carbocycles. The molecule has 142 valence electrons. The number of piperidine rings is 1. The number of hydrogen-bond acceptors (Lipinski definition) is 4. The maximum atomic E-state index is 11.3. The minimum atomic E-state index is -1.40. The van der Waals surface area contributed by atoms with E-state index in [1.54, 1.807) is 4.31 Å². The van der Waals surface area contributed by atoms with E-state index in [9.17, 15) is 4.21 Å². The van der Waals surface area contributed by atoms with E-state index in [-0.39, 0.29) is 5.54 Å². The molecule has 0 spiro atoms. The molecule has 26 heavy (non-hydrogen) atoms. The van der Waals surface area contributed by atoms with Gasteiger partial charge in [-0.1, -0.05) is 36.4 Å². The number of rotatable bonds is 5. The number of benzene rings is 1. The van der Waals surface area contributed by atoms with Gasteiger partial charge >= 0.3 is 0 Å². The van der Waals surface area contributed by atoms with Crippen LogP contribution in [0.1, 0.15) is 32.1 Å². The third kappa shape index (κ3) is 5.12. The van der Waals surface area contributed by atoms with Crippen LogP contribution >= 0.6 is 0 Å². The van der Waals surface area contributed by atoms with Crippen LogP contribution in [0.15, 0.2) is 36.4 Å². The molecule has 2 saturated heterocycles. The molecule has 1 saturated carbocycles. The molecule has 3 fully saturated rings. The molecule has 0 radical (unpaired) electrons. The first-order valence-corrected chi connectivity index (χ1v) is 10.6. The highest BCUT2D eigenvalue weighted by Gasteiger charge is 2.49. The molecule has 2 aliphatic heterocycles. The fourth-order valence-corrected chi connectivity index (χ4v) is 4.53. The van der Waals surface area contributed by atoms with E-state index >= 15 is 0 Å². The van der Waals surface area contributed by atoms with E-state index in [2.05, 4.69) is 16.3 Å². The molecule has 7 heteroatoms. The molecule has 2 heterocycles. The Morgan fingerprint density at radius 1 is 1.04 bits per heavy atom. The summed E-state index contributed by atoms with van der Waals surface area (Å²) in [5.41, 5.74) is -0.117. The van der Waals surface area contributed by atoms with Gasteiger partial charge in [0.15, 0.2) is 11.2 Å². The summed E-state index contributed by atoms with van der Waals surface area (Å²) in [7, 11) is 0. The molecule has 1 unspecified atom stereocenters. The summed E-state index contributed by atoms with van der Waals surface area (Å²) in [6.07, 6.45) is 5.46. The first-order chi connectivity index (χ1) is 12.6. The quantitative estimate of drug-likeness (QED) is 0.814. The largest absolute Gasteiger partial charge is 0.311 e. The summed E-state index contributed by atoms with van der Waals surface area (Å²) in [6.45, 7) is 3.36. The highest BCUT2D eigenvalue weighted by Crippen LogP contribution is 2.34. The number of nitrogens with two attached hydrogens (primary N) is 1. The lowest BCUT2D eigenvalue weighted by Crippen LogP contribution is -2.72. The van der Waals surface area contributed by atoms with Crippen molar-refractivity contribution in [3.8, 4) is 6.07 Å². The van der Waals surface area contributed by atoms with E-state index in [0.717, 1.165) is 32.0 Å². The van der Waals surface area contributed by atoms with Crippen molar-refractivity contribution in [3.63, 3.8) is 0 Å². The highest BCUT2D eigenvalue weighted by molar-refractivity contribution is 7.80. The van der Waals surface area contributed by atoms with Gasteiger partial charge in [-0.15, -0.1) is 0 Å². The Morgan fingerprint density at radius 3 is 1.96 bits per heavy atom. The molecule has 0 bridgehead atoms. The summed E-state index contributed by atoms with van der Waals surface area (Å²) in [6, 6.07) is 15.7. The zero-order valence-electron chi connectivity index (χ0n) is 15.2. The first-order valence-electron chi connectivity index (χ1n) is 9.42. The molecule has 1 atom stereocenters. The number of nitriles is 1. The Bertz CT molecular complexity index is 590. The maximum Gasteiger partial charge on any atom is 0.167 e. The topological polar surface area (TPSA) is 85.4 Å². The lowest BCUT2D eigenvalue weighted by Gasteiger charge is -2.55. The summed E-state index contributed by atoms with van der Waals surface area (Å²) in [5, 5.41) is 18.2. The van der Waals surface area contributed by atoms with Crippen molar-refractivity contribution in [1.29, 1.82) is 5.26 Å². The summed E-state index contributed by atoms with van der Waals surface area (Å²) < 4.78 is 13.0. The third-order valence-electron chi connectivity index (χ3n) is 5.49. The number of nitrogens with zero attached hydrogens (tertiary/aromatic N) is 3. The average Bonchev–Trinajstić information content (AvgIpc) is 3.44. The standard InChI is InChI=1S/C13H23N5OS.C6H6/c14-6-5-13(9-18(10-13)20(15)19)17-7-3-12(4-8-17)16-11-1-2-11;1-2-4-6-5-3-1/h11-12,16H,1-5,7-10,15H2;1-6H. The Morgan fingerprint density at radius 2 is 1.54 bits per heavy atom. The predicted octanol–water partition coefficient (Wildman–Crippen LogP) is 1.39. The average molecular weight is 376 g/mol. The van der Waals surface area contributed by atoms with Crippen molar-refractivity contribution in [2.24, 2.45) is 5.14 Å². The molecule has 6 nitrogen and oxygen atoms in total. The van der Waals surface area contributed by atoms with Gasteiger partial charge in [0, 0.05) is 38.3 Å². The van der Waals surface area contributed by atoms with E-state index in [1.807, 2.05) is 36.4 Å². The lowest BCUT2D eigenvalue weighted by molar-refractivity contribution is -0.0234. The van der Waals surface area contributed by atoms with E-state index < -0.39 is 11.2 Å². The normalized spacial score (nSPS) is 24.6. The number of nitrogens with one attached hydrogen (secondary N) is 1. The monoisotopic (exact) mass is 375 g/mol. The molecule has 4 rings (SSSR count). The second-order valence-electron chi connectivity index (χ2n) is 7.49. The van der Waals surface area contributed by atoms with Gasteiger partial charge in [0.2, 0.25) is 0 Å². The fourth-order valence-electron chi connectivity index (χ4n) is 3.80. The summed E-state index contributed by atoms with van der Waals surface area (Å²) in [4.78, 5) is 2.42. The van der Waals surface area contributed by atoms with Crippen molar-refractivity contribution in [1.82, 2.24) is 14.5 Å². The van der Waals surface area contributed by atoms with Crippen molar-refractivity contribution in [3.05, 3.63) is 36.4 Å². The number of likely N-dealkylation sites (tertiary alicyclic amines) is 1. The van der Waals surface area contributed by atoms with Crippen LogP contribution < -0.4 is 10.5 Å². The zero-order chi connectivity index (χ0) is 18.4. The van der Waals surface area contributed by atoms with E-state index in [1.165, 1.54) is 12.8 Å². The zero-order valence-corrected chi connectivity index (χ0v) is 16.0. The van der Waals surface area contributed by atoms with Gasteiger partial charge in [0.25, 0.3) is 0 Å². The second kappa shape index (κ2) is 9.07. The van der Waals surface area contributed by atoms with Gasteiger partial charge in [0.05, 0.1) is 18.0 Å². The van der Waals surface area contributed by atoms with Gasteiger partial charge in [-0.25, -0.2) is 13.7 Å². The SMILES string of the molecule is N#CCC1(N2CCC(NC3CC3)CC2)CN(S(N)=O)C1.c1ccccc1. The maximum absolute atomic E-state index is 11.3. The second-order valence-corrected chi connectivity index (χ2v) is 8.56. The Balaban J connectivity index is 0.000000278. The van der Waals surface area contributed by atoms with Crippen LogP contribution in [-0.2, 0) is 11.2 Å². The van der Waals surface area contributed by atoms with Gasteiger partial charge in [0.1, 0.15) is 0 Å². The van der Waals surface area contributed by atoms with E-state index in [4.69, 9.17) is 10.4 Å². The smallest absolute Gasteiger partial charge is 0.167 e. The molecule has 3 N–H and O–H groups in total.